The second-order valence-electron chi connectivity index (χ2n) is 5.17. The molecule has 0 heterocycles. The Morgan fingerprint density at radius 2 is 1.94 bits per heavy atom. The largest absolute Gasteiger partial charge is 0.393 e. The van der Waals surface area contributed by atoms with Gasteiger partial charge in [-0.1, -0.05) is 26.0 Å². The molecule has 4 nitrogen and oxygen atoms in total. The zero-order valence-corrected chi connectivity index (χ0v) is 11.4. The molecule has 0 radical (unpaired) electrons. The number of hydrogen-bond donors (Lipinski definition) is 1. The highest BCUT2D eigenvalue weighted by molar-refractivity contribution is 5.44. The number of aliphatic hydroxyl groups is 1. The molecular weight excluding hydrogens is 230 g/mol. The molecule has 0 aliphatic heterocycles. The summed E-state index contributed by atoms with van der Waals surface area (Å²) in [6, 6.07) is 5.13. The van der Waals surface area contributed by atoms with Crippen LogP contribution in [0.3, 0.4) is 0 Å². The van der Waals surface area contributed by atoms with Crippen LogP contribution < -0.4 is 0 Å². The molecule has 1 rings (SSSR count). The van der Waals surface area contributed by atoms with Gasteiger partial charge in [0.1, 0.15) is 0 Å². The van der Waals surface area contributed by atoms with Gasteiger partial charge in [0.2, 0.25) is 0 Å². The number of nitrogens with zero attached hydrogens (tertiary/aromatic N) is 1. The molecule has 0 fully saturated rings. The van der Waals surface area contributed by atoms with Gasteiger partial charge in [-0.05, 0) is 37.7 Å². The summed E-state index contributed by atoms with van der Waals surface area (Å²) in [4.78, 5) is 10.5. The van der Waals surface area contributed by atoms with Crippen LogP contribution >= 0.6 is 0 Å². The average molecular weight is 251 g/mol. The zero-order chi connectivity index (χ0) is 13.9. The van der Waals surface area contributed by atoms with E-state index in [1.54, 1.807) is 19.9 Å². The molecule has 0 saturated carbocycles. The third-order valence-electron chi connectivity index (χ3n) is 3.55. The third-order valence-corrected chi connectivity index (χ3v) is 3.55. The summed E-state index contributed by atoms with van der Waals surface area (Å²) in [7, 11) is 0. The first-order chi connectivity index (χ1) is 8.34. The summed E-state index contributed by atoms with van der Waals surface area (Å²) in [5.74, 6) is 0.453. The molecule has 0 amide bonds. The minimum atomic E-state index is -0.413. The van der Waals surface area contributed by atoms with Gasteiger partial charge in [0, 0.05) is 11.6 Å². The second-order valence-corrected chi connectivity index (χ2v) is 5.17. The topological polar surface area (TPSA) is 63.4 Å². The predicted molar refractivity (Wildman–Crippen MR) is 71.5 cm³/mol. The van der Waals surface area contributed by atoms with E-state index >= 15 is 0 Å². The molecule has 0 aliphatic carbocycles. The van der Waals surface area contributed by atoms with Crippen LogP contribution in [-0.4, -0.2) is 16.1 Å². The number of nitro benzene ring substituents is 1. The lowest BCUT2D eigenvalue weighted by Crippen LogP contribution is -2.24. The van der Waals surface area contributed by atoms with Crippen LogP contribution in [0, 0.1) is 28.9 Å². The van der Waals surface area contributed by atoms with E-state index in [1.165, 1.54) is 6.07 Å². The van der Waals surface area contributed by atoms with Crippen LogP contribution in [0.2, 0.25) is 0 Å². The highest BCUT2D eigenvalue weighted by Gasteiger charge is 2.22. The molecular formula is C14H21NO3. The van der Waals surface area contributed by atoms with Crippen LogP contribution in [0.5, 0.6) is 0 Å². The Labute approximate surface area is 108 Å². The summed E-state index contributed by atoms with van der Waals surface area (Å²) in [5, 5.41) is 20.7. The molecule has 100 valence electrons. The van der Waals surface area contributed by atoms with E-state index in [9.17, 15) is 15.2 Å². The maximum absolute atomic E-state index is 10.9. The van der Waals surface area contributed by atoms with Crippen molar-refractivity contribution >= 4 is 5.69 Å². The first-order valence-electron chi connectivity index (χ1n) is 6.25. The number of rotatable bonds is 5. The lowest BCUT2D eigenvalue weighted by Gasteiger charge is -2.24. The van der Waals surface area contributed by atoms with Crippen LogP contribution in [0.15, 0.2) is 18.2 Å². The Morgan fingerprint density at radius 3 is 2.39 bits per heavy atom. The first kappa shape index (κ1) is 14.6. The van der Waals surface area contributed by atoms with Crippen molar-refractivity contribution in [1.82, 2.24) is 0 Å². The van der Waals surface area contributed by atoms with Crippen LogP contribution in [-0.2, 0) is 6.42 Å². The highest BCUT2D eigenvalue weighted by Crippen LogP contribution is 2.27. The number of hydrogen-bond acceptors (Lipinski definition) is 3. The molecule has 4 heteroatoms. The lowest BCUT2D eigenvalue weighted by atomic mass is 9.84. The van der Waals surface area contributed by atoms with E-state index in [0.29, 0.717) is 17.9 Å². The van der Waals surface area contributed by atoms with E-state index in [2.05, 4.69) is 13.8 Å². The Hall–Kier alpha value is -1.42. The van der Waals surface area contributed by atoms with Gasteiger partial charge in [0.05, 0.1) is 11.0 Å². The van der Waals surface area contributed by atoms with E-state index in [1.807, 2.05) is 6.07 Å². The van der Waals surface area contributed by atoms with Gasteiger partial charge in [-0.3, -0.25) is 10.1 Å². The van der Waals surface area contributed by atoms with Crippen molar-refractivity contribution in [2.75, 3.05) is 0 Å². The van der Waals surface area contributed by atoms with Gasteiger partial charge in [0.25, 0.3) is 5.69 Å². The van der Waals surface area contributed by atoms with Crippen molar-refractivity contribution in [1.29, 1.82) is 0 Å². The Bertz CT molecular complexity index is 419. The van der Waals surface area contributed by atoms with Crippen molar-refractivity contribution in [2.24, 2.45) is 11.8 Å². The summed E-state index contributed by atoms with van der Waals surface area (Å²) >= 11 is 0. The SMILES string of the molecule is Cc1c(CC(C(C)C)C(C)O)cccc1[N+](=O)[O-]. The standard InChI is InChI=1S/C14H21NO3/c1-9(2)13(11(4)16)8-12-6-5-7-14(10(12)3)15(17)18/h5-7,9,11,13,16H,8H2,1-4H3. The fourth-order valence-electron chi connectivity index (χ4n) is 2.31. The Balaban J connectivity index is 3.04. The normalized spacial score (nSPS) is 14.6. The van der Waals surface area contributed by atoms with Gasteiger partial charge in [-0.15, -0.1) is 0 Å². The molecule has 0 aliphatic rings. The molecule has 2 atom stereocenters. The van der Waals surface area contributed by atoms with E-state index in [-0.39, 0.29) is 16.5 Å². The maximum Gasteiger partial charge on any atom is 0.272 e. The first-order valence-corrected chi connectivity index (χ1v) is 6.25. The quantitative estimate of drug-likeness (QED) is 0.646. The van der Waals surface area contributed by atoms with Crippen molar-refractivity contribution < 1.29 is 10.0 Å². The van der Waals surface area contributed by atoms with Crippen molar-refractivity contribution in [3.63, 3.8) is 0 Å². The van der Waals surface area contributed by atoms with E-state index in [0.717, 1.165) is 5.56 Å². The minimum absolute atomic E-state index is 0.116. The molecule has 1 N–H and O–H groups in total. The number of nitro groups is 1. The smallest absolute Gasteiger partial charge is 0.272 e. The van der Waals surface area contributed by atoms with Crippen LogP contribution in [0.25, 0.3) is 0 Å². The van der Waals surface area contributed by atoms with Crippen LogP contribution in [0.4, 0.5) is 5.69 Å². The van der Waals surface area contributed by atoms with Gasteiger partial charge in [-0.2, -0.15) is 0 Å². The van der Waals surface area contributed by atoms with Crippen molar-refractivity contribution in [3.05, 3.63) is 39.4 Å². The Kier molecular flexibility index (Phi) is 4.84. The van der Waals surface area contributed by atoms with Gasteiger partial charge >= 0.3 is 0 Å². The Morgan fingerprint density at radius 1 is 1.33 bits per heavy atom. The monoisotopic (exact) mass is 251 g/mol. The molecule has 0 spiro atoms. The van der Waals surface area contributed by atoms with E-state index < -0.39 is 6.10 Å². The van der Waals surface area contributed by atoms with Crippen molar-refractivity contribution in [2.45, 2.75) is 40.2 Å². The highest BCUT2D eigenvalue weighted by atomic mass is 16.6. The van der Waals surface area contributed by atoms with Gasteiger partial charge in [0.15, 0.2) is 0 Å². The molecule has 1 aromatic carbocycles. The second kappa shape index (κ2) is 5.96. The molecule has 18 heavy (non-hydrogen) atoms. The molecule has 0 bridgehead atoms. The summed E-state index contributed by atoms with van der Waals surface area (Å²) in [5.41, 5.74) is 1.80. The summed E-state index contributed by atoms with van der Waals surface area (Å²) in [6.45, 7) is 7.67. The van der Waals surface area contributed by atoms with Gasteiger partial charge < -0.3 is 5.11 Å². The lowest BCUT2D eigenvalue weighted by molar-refractivity contribution is -0.385. The van der Waals surface area contributed by atoms with Crippen LogP contribution in [0.1, 0.15) is 31.9 Å². The summed E-state index contributed by atoms with van der Waals surface area (Å²) in [6.07, 6.45) is 0.256. The van der Waals surface area contributed by atoms with E-state index in [4.69, 9.17) is 0 Å². The predicted octanol–water partition coefficient (Wildman–Crippen LogP) is 3.10. The minimum Gasteiger partial charge on any atom is -0.393 e. The molecule has 1 aromatic rings. The summed E-state index contributed by atoms with van der Waals surface area (Å²) < 4.78 is 0. The van der Waals surface area contributed by atoms with Gasteiger partial charge in [-0.25, -0.2) is 0 Å². The third kappa shape index (κ3) is 3.29. The average Bonchev–Trinajstić information content (AvgIpc) is 2.26. The fourth-order valence-corrected chi connectivity index (χ4v) is 2.31. The molecule has 0 aromatic heterocycles. The van der Waals surface area contributed by atoms with Crippen molar-refractivity contribution in [3.8, 4) is 0 Å². The fraction of sp³-hybridized carbons (Fsp3) is 0.571. The zero-order valence-electron chi connectivity index (χ0n) is 11.4. The molecule has 2 unspecified atom stereocenters. The number of aliphatic hydroxyl groups excluding tert-OH is 1. The molecule has 0 saturated heterocycles. The maximum atomic E-state index is 10.9. The number of benzene rings is 1.